The third-order valence-corrected chi connectivity index (χ3v) is 3.65. The number of anilines is 2. The predicted octanol–water partition coefficient (Wildman–Crippen LogP) is 2.78. The molecule has 0 saturated heterocycles. The summed E-state index contributed by atoms with van der Waals surface area (Å²) in [5, 5.41) is 7.11. The Hall–Kier alpha value is -3.06. The zero-order chi connectivity index (χ0) is 16.1. The highest BCUT2D eigenvalue weighted by atomic mass is 32.1. The summed E-state index contributed by atoms with van der Waals surface area (Å²) in [6.07, 6.45) is 1.67. The van der Waals surface area contributed by atoms with E-state index >= 15 is 0 Å². The molecular weight excluding hydrogens is 312 g/mol. The van der Waals surface area contributed by atoms with E-state index in [0.717, 1.165) is 0 Å². The van der Waals surface area contributed by atoms with Crippen molar-refractivity contribution in [3.8, 4) is 11.4 Å². The van der Waals surface area contributed by atoms with E-state index in [1.54, 1.807) is 35.8 Å². The smallest absolute Gasteiger partial charge is 0.315 e. The Morgan fingerprint density at radius 3 is 2.35 bits per heavy atom. The number of thiazole rings is 1. The zero-order valence-electron chi connectivity index (χ0n) is 11.9. The van der Waals surface area contributed by atoms with Gasteiger partial charge in [-0.1, -0.05) is 24.3 Å². The lowest BCUT2D eigenvalue weighted by Crippen LogP contribution is -2.28. The van der Waals surface area contributed by atoms with Crippen LogP contribution in [0.5, 0.6) is 0 Å². The molecule has 1 aromatic carbocycles. The summed E-state index contributed by atoms with van der Waals surface area (Å²) in [7, 11) is 0. The first-order valence-electron chi connectivity index (χ1n) is 6.77. The van der Waals surface area contributed by atoms with Gasteiger partial charge in [0.15, 0.2) is 5.13 Å². The molecule has 0 bridgehead atoms. The molecule has 2 aromatic heterocycles. The molecule has 2 amide bonds. The quantitative estimate of drug-likeness (QED) is 0.726. The molecule has 0 fully saturated rings. The lowest BCUT2D eigenvalue weighted by molar-refractivity contribution is -0.132. The molecule has 0 aliphatic heterocycles. The Morgan fingerprint density at radius 1 is 0.870 bits per heavy atom. The SMILES string of the molecule is O=C(Nc1ccccc1)C(=O)Nc1nc(-c2ccccn2)cs1. The minimum absolute atomic E-state index is 0.346. The van der Waals surface area contributed by atoms with Gasteiger partial charge >= 0.3 is 11.8 Å². The summed E-state index contributed by atoms with van der Waals surface area (Å²) in [6, 6.07) is 14.3. The van der Waals surface area contributed by atoms with Gasteiger partial charge in [0, 0.05) is 17.3 Å². The van der Waals surface area contributed by atoms with Crippen molar-refractivity contribution in [3.05, 3.63) is 60.1 Å². The van der Waals surface area contributed by atoms with E-state index in [2.05, 4.69) is 20.6 Å². The van der Waals surface area contributed by atoms with Gasteiger partial charge in [-0.2, -0.15) is 0 Å². The molecule has 0 aliphatic carbocycles. The minimum atomic E-state index is -0.768. The summed E-state index contributed by atoms with van der Waals surface area (Å²) < 4.78 is 0. The number of hydrogen-bond donors (Lipinski definition) is 2. The van der Waals surface area contributed by atoms with Gasteiger partial charge in [-0.25, -0.2) is 4.98 Å². The monoisotopic (exact) mass is 324 g/mol. The Kier molecular flexibility index (Phi) is 4.39. The summed E-state index contributed by atoms with van der Waals surface area (Å²) in [5.74, 6) is -1.51. The first-order valence-corrected chi connectivity index (χ1v) is 7.64. The second-order valence-electron chi connectivity index (χ2n) is 4.53. The summed E-state index contributed by atoms with van der Waals surface area (Å²) in [6.45, 7) is 0. The molecule has 0 saturated carbocycles. The molecule has 0 atom stereocenters. The number of para-hydroxylation sites is 1. The van der Waals surface area contributed by atoms with E-state index in [-0.39, 0.29) is 0 Å². The van der Waals surface area contributed by atoms with Gasteiger partial charge in [-0.3, -0.25) is 19.9 Å². The molecule has 0 unspecified atom stereocenters. The molecule has 6 nitrogen and oxygen atoms in total. The van der Waals surface area contributed by atoms with Crippen molar-refractivity contribution in [3.63, 3.8) is 0 Å². The number of amides is 2. The van der Waals surface area contributed by atoms with Crippen LogP contribution in [0.2, 0.25) is 0 Å². The van der Waals surface area contributed by atoms with E-state index in [0.29, 0.717) is 22.2 Å². The Balaban J connectivity index is 1.64. The average Bonchev–Trinajstić information content (AvgIpc) is 3.05. The van der Waals surface area contributed by atoms with E-state index in [9.17, 15) is 9.59 Å². The van der Waals surface area contributed by atoms with Gasteiger partial charge in [-0.15, -0.1) is 11.3 Å². The van der Waals surface area contributed by atoms with Gasteiger partial charge < -0.3 is 5.32 Å². The Bertz CT molecular complexity index is 818. The molecule has 2 heterocycles. The standard InChI is InChI=1S/C16H12N4O2S/c21-14(18-11-6-2-1-3-7-11)15(22)20-16-19-13(10-23-16)12-8-4-5-9-17-12/h1-10H,(H,18,21)(H,19,20,22). The molecule has 0 spiro atoms. The molecule has 2 N–H and O–H groups in total. The Morgan fingerprint density at radius 2 is 1.61 bits per heavy atom. The molecule has 7 heteroatoms. The van der Waals surface area contributed by atoms with E-state index in [1.165, 1.54) is 11.3 Å². The van der Waals surface area contributed by atoms with E-state index < -0.39 is 11.8 Å². The first kappa shape index (κ1) is 14.9. The second kappa shape index (κ2) is 6.80. The van der Waals surface area contributed by atoms with E-state index in [1.807, 2.05) is 24.3 Å². The van der Waals surface area contributed by atoms with Crippen molar-refractivity contribution in [2.75, 3.05) is 10.6 Å². The molecule has 0 radical (unpaired) electrons. The van der Waals surface area contributed by atoms with Crippen LogP contribution in [0.3, 0.4) is 0 Å². The molecule has 23 heavy (non-hydrogen) atoms. The van der Waals surface area contributed by atoms with Crippen LogP contribution in [0.1, 0.15) is 0 Å². The highest BCUT2D eigenvalue weighted by Crippen LogP contribution is 2.23. The van der Waals surface area contributed by atoms with Gasteiger partial charge in [0.25, 0.3) is 0 Å². The van der Waals surface area contributed by atoms with Crippen LogP contribution >= 0.6 is 11.3 Å². The fourth-order valence-corrected chi connectivity index (χ4v) is 2.53. The van der Waals surface area contributed by atoms with Crippen molar-refractivity contribution >= 4 is 34.0 Å². The highest BCUT2D eigenvalue weighted by molar-refractivity contribution is 7.14. The first-order chi connectivity index (χ1) is 11.2. The maximum absolute atomic E-state index is 11.9. The number of nitrogens with zero attached hydrogens (tertiary/aromatic N) is 2. The van der Waals surface area contributed by atoms with Crippen LogP contribution in [0.25, 0.3) is 11.4 Å². The molecule has 3 aromatic rings. The van der Waals surface area contributed by atoms with Crippen LogP contribution in [0.4, 0.5) is 10.8 Å². The summed E-state index contributed by atoms with van der Waals surface area (Å²) in [5.41, 5.74) is 1.91. The third-order valence-electron chi connectivity index (χ3n) is 2.89. The fourth-order valence-electron chi connectivity index (χ4n) is 1.83. The van der Waals surface area contributed by atoms with Crippen molar-refractivity contribution in [2.24, 2.45) is 0 Å². The van der Waals surface area contributed by atoms with Crippen LogP contribution in [0.15, 0.2) is 60.1 Å². The Labute approximate surface area is 136 Å². The topological polar surface area (TPSA) is 84.0 Å². The maximum Gasteiger partial charge on any atom is 0.315 e. The second-order valence-corrected chi connectivity index (χ2v) is 5.39. The predicted molar refractivity (Wildman–Crippen MR) is 89.0 cm³/mol. The number of rotatable bonds is 3. The number of benzene rings is 1. The van der Waals surface area contributed by atoms with Crippen LogP contribution < -0.4 is 10.6 Å². The number of carbonyl (C=O) groups excluding carboxylic acids is 2. The number of hydrogen-bond acceptors (Lipinski definition) is 5. The summed E-state index contributed by atoms with van der Waals surface area (Å²) in [4.78, 5) is 32.2. The van der Waals surface area contributed by atoms with E-state index in [4.69, 9.17) is 0 Å². The molecule has 114 valence electrons. The largest absolute Gasteiger partial charge is 0.318 e. The van der Waals surface area contributed by atoms with Crippen molar-refractivity contribution in [2.45, 2.75) is 0 Å². The van der Waals surface area contributed by atoms with Crippen molar-refractivity contribution < 1.29 is 9.59 Å². The van der Waals surface area contributed by atoms with Crippen LogP contribution in [-0.2, 0) is 9.59 Å². The van der Waals surface area contributed by atoms with Gasteiger partial charge in [0.1, 0.15) is 5.69 Å². The van der Waals surface area contributed by atoms with Crippen LogP contribution in [-0.4, -0.2) is 21.8 Å². The minimum Gasteiger partial charge on any atom is -0.318 e. The fraction of sp³-hybridized carbons (Fsp3) is 0. The summed E-state index contributed by atoms with van der Waals surface area (Å²) >= 11 is 1.23. The number of pyridine rings is 1. The molecular formula is C16H12N4O2S. The molecule has 0 aliphatic rings. The van der Waals surface area contributed by atoms with Gasteiger partial charge in [0.2, 0.25) is 0 Å². The average molecular weight is 324 g/mol. The van der Waals surface area contributed by atoms with Gasteiger partial charge in [-0.05, 0) is 24.3 Å². The normalized spacial score (nSPS) is 10.1. The third kappa shape index (κ3) is 3.78. The molecule has 3 rings (SSSR count). The lowest BCUT2D eigenvalue weighted by atomic mass is 10.3. The van der Waals surface area contributed by atoms with Crippen molar-refractivity contribution in [1.29, 1.82) is 0 Å². The zero-order valence-corrected chi connectivity index (χ0v) is 12.7. The maximum atomic E-state index is 11.9. The lowest BCUT2D eigenvalue weighted by Gasteiger charge is -2.04. The van der Waals surface area contributed by atoms with Crippen molar-refractivity contribution in [1.82, 2.24) is 9.97 Å². The van der Waals surface area contributed by atoms with Crippen LogP contribution in [0, 0.1) is 0 Å². The number of nitrogens with one attached hydrogen (secondary N) is 2. The highest BCUT2D eigenvalue weighted by Gasteiger charge is 2.16. The number of aromatic nitrogens is 2. The number of carbonyl (C=O) groups is 2. The van der Waals surface area contributed by atoms with Gasteiger partial charge in [0.05, 0.1) is 5.69 Å².